The largest absolute Gasteiger partial charge is 0.312 e. The first-order chi connectivity index (χ1) is 7.31. The Morgan fingerprint density at radius 3 is 3.13 bits per heavy atom. The van der Waals surface area contributed by atoms with Crippen LogP contribution in [0.5, 0.6) is 0 Å². The Bertz CT molecular complexity index is 427. The van der Waals surface area contributed by atoms with Crippen LogP contribution in [0.4, 0.5) is 5.82 Å². The van der Waals surface area contributed by atoms with Crippen molar-refractivity contribution in [2.75, 3.05) is 18.4 Å². The van der Waals surface area contributed by atoms with E-state index in [-0.39, 0.29) is 5.91 Å². The van der Waals surface area contributed by atoms with Gasteiger partial charge in [0.05, 0.1) is 12.2 Å². The third-order valence-electron chi connectivity index (χ3n) is 2.18. The van der Waals surface area contributed by atoms with E-state index in [1.54, 1.807) is 16.9 Å². The van der Waals surface area contributed by atoms with Crippen molar-refractivity contribution in [3.63, 3.8) is 0 Å². The van der Waals surface area contributed by atoms with Gasteiger partial charge in [-0.25, -0.2) is 4.68 Å². The maximum atomic E-state index is 11.2. The van der Waals surface area contributed by atoms with Crippen molar-refractivity contribution in [3.8, 4) is 10.8 Å². The van der Waals surface area contributed by atoms with Crippen LogP contribution in [0.15, 0.2) is 12.3 Å². The summed E-state index contributed by atoms with van der Waals surface area (Å²) in [5.41, 5.74) is 0. The van der Waals surface area contributed by atoms with E-state index in [0.717, 1.165) is 13.1 Å². The van der Waals surface area contributed by atoms with Crippen molar-refractivity contribution < 1.29 is 4.79 Å². The summed E-state index contributed by atoms with van der Waals surface area (Å²) >= 11 is 2.87. The Kier molecular flexibility index (Phi) is 3.04. The van der Waals surface area contributed by atoms with Crippen molar-refractivity contribution >= 4 is 27.7 Å². The lowest BCUT2D eigenvalue weighted by Gasteiger charge is -2.28. The highest BCUT2D eigenvalue weighted by Gasteiger charge is 2.21. The molecule has 2 heterocycles. The third-order valence-corrected chi connectivity index (χ3v) is 2.38. The van der Waals surface area contributed by atoms with Crippen molar-refractivity contribution in [1.29, 1.82) is 0 Å². The minimum atomic E-state index is -0.346. The summed E-state index contributed by atoms with van der Waals surface area (Å²) in [5, 5.41) is 9.97. The highest BCUT2D eigenvalue weighted by atomic mass is 79.9. The summed E-state index contributed by atoms with van der Waals surface area (Å²) in [6, 6.07) is 2.08. The van der Waals surface area contributed by atoms with Crippen molar-refractivity contribution in [2.24, 2.45) is 0 Å². The molecular formula is C9H9BrN4O. The topological polar surface area (TPSA) is 59.0 Å². The zero-order valence-corrected chi connectivity index (χ0v) is 9.41. The number of hydrogen-bond acceptors (Lipinski definition) is 3. The molecular weight excluding hydrogens is 260 g/mol. The molecule has 1 aliphatic heterocycles. The van der Waals surface area contributed by atoms with E-state index < -0.39 is 0 Å². The van der Waals surface area contributed by atoms with Crippen LogP contribution in [0, 0.1) is 10.8 Å². The summed E-state index contributed by atoms with van der Waals surface area (Å²) < 4.78 is 1.80. The number of hydrogen-bond donors (Lipinski definition) is 2. The van der Waals surface area contributed by atoms with Gasteiger partial charge in [0.1, 0.15) is 5.82 Å². The van der Waals surface area contributed by atoms with E-state index in [0.29, 0.717) is 11.9 Å². The van der Waals surface area contributed by atoms with Gasteiger partial charge in [0.15, 0.2) is 0 Å². The molecule has 15 heavy (non-hydrogen) atoms. The third kappa shape index (κ3) is 2.19. The average Bonchev–Trinajstić information content (AvgIpc) is 2.51. The van der Waals surface area contributed by atoms with Crippen molar-refractivity contribution in [1.82, 2.24) is 15.1 Å². The van der Waals surface area contributed by atoms with Crippen LogP contribution in [-0.4, -0.2) is 28.8 Å². The van der Waals surface area contributed by atoms with Gasteiger partial charge in [-0.3, -0.25) is 10.1 Å². The van der Waals surface area contributed by atoms with E-state index in [1.165, 1.54) is 0 Å². The number of aromatic nitrogens is 2. The van der Waals surface area contributed by atoms with Gasteiger partial charge in [-0.2, -0.15) is 5.10 Å². The Labute approximate surface area is 95.4 Å². The monoisotopic (exact) mass is 268 g/mol. The standard InChI is InChI=1S/C9H9BrN4O/c10-3-1-9(15)13-8-2-4-12-14(8)7-5-11-6-7/h2,4,7,11H,5-6H2,(H,13,15). The van der Waals surface area contributed by atoms with Gasteiger partial charge in [-0.05, 0) is 4.83 Å². The fraction of sp³-hybridized carbons (Fsp3) is 0.333. The number of carbonyl (C=O) groups excluding carboxylic acids is 1. The lowest BCUT2D eigenvalue weighted by Crippen LogP contribution is -2.44. The molecule has 1 aliphatic rings. The fourth-order valence-corrected chi connectivity index (χ4v) is 1.52. The lowest BCUT2D eigenvalue weighted by molar-refractivity contribution is -0.111. The van der Waals surface area contributed by atoms with Gasteiger partial charge in [-0.1, -0.05) is 0 Å². The molecule has 0 atom stereocenters. The molecule has 78 valence electrons. The molecule has 5 nitrogen and oxygen atoms in total. The second-order valence-electron chi connectivity index (χ2n) is 3.15. The van der Waals surface area contributed by atoms with E-state index in [9.17, 15) is 4.79 Å². The Morgan fingerprint density at radius 2 is 2.53 bits per heavy atom. The van der Waals surface area contributed by atoms with Crippen LogP contribution >= 0.6 is 15.9 Å². The van der Waals surface area contributed by atoms with E-state index >= 15 is 0 Å². The van der Waals surface area contributed by atoms with Gasteiger partial charge in [-0.15, -0.1) is 0 Å². The summed E-state index contributed by atoms with van der Waals surface area (Å²) in [6.07, 6.45) is 1.66. The first kappa shape index (κ1) is 10.2. The minimum absolute atomic E-state index is 0.326. The average molecular weight is 269 g/mol. The maximum Gasteiger partial charge on any atom is 0.302 e. The number of nitrogens with zero attached hydrogens (tertiary/aromatic N) is 2. The molecule has 0 aromatic carbocycles. The molecule has 0 radical (unpaired) electrons. The summed E-state index contributed by atoms with van der Waals surface area (Å²) in [4.78, 5) is 13.6. The van der Waals surface area contributed by atoms with Crippen LogP contribution < -0.4 is 10.6 Å². The molecule has 0 aliphatic carbocycles. The molecule has 1 aromatic heterocycles. The van der Waals surface area contributed by atoms with Gasteiger partial charge in [0, 0.05) is 41.0 Å². The second kappa shape index (κ2) is 4.47. The predicted octanol–water partition coefficient (Wildman–Crippen LogP) is 0.322. The number of nitrogens with one attached hydrogen (secondary N) is 2. The Hall–Kier alpha value is -1.32. The number of anilines is 1. The molecule has 0 saturated carbocycles. The molecule has 1 fully saturated rings. The van der Waals surface area contributed by atoms with Crippen LogP contribution in [0.25, 0.3) is 0 Å². The first-order valence-electron chi connectivity index (χ1n) is 4.48. The quantitative estimate of drug-likeness (QED) is 0.760. The molecule has 2 rings (SSSR count). The van der Waals surface area contributed by atoms with Crippen LogP contribution in [0.3, 0.4) is 0 Å². The first-order valence-corrected chi connectivity index (χ1v) is 5.27. The highest BCUT2D eigenvalue weighted by Crippen LogP contribution is 2.16. The van der Waals surface area contributed by atoms with Gasteiger partial charge in [0.2, 0.25) is 0 Å². The normalized spacial score (nSPS) is 15.0. The van der Waals surface area contributed by atoms with Crippen LogP contribution in [0.2, 0.25) is 0 Å². The number of carbonyl (C=O) groups is 1. The van der Waals surface area contributed by atoms with Crippen LogP contribution in [-0.2, 0) is 4.79 Å². The zero-order valence-electron chi connectivity index (χ0n) is 7.83. The molecule has 2 N–H and O–H groups in total. The second-order valence-corrected chi connectivity index (χ2v) is 3.54. The SMILES string of the molecule is O=C(C#CBr)Nc1ccnn1C1CNC1. The molecule has 6 heteroatoms. The maximum absolute atomic E-state index is 11.2. The minimum Gasteiger partial charge on any atom is -0.312 e. The molecule has 1 amide bonds. The number of amides is 1. The predicted molar refractivity (Wildman–Crippen MR) is 59.5 cm³/mol. The summed E-state index contributed by atoms with van der Waals surface area (Å²) in [6.45, 7) is 1.77. The van der Waals surface area contributed by atoms with Gasteiger partial charge < -0.3 is 5.32 Å². The molecule has 0 bridgehead atoms. The Balaban J connectivity index is 2.09. The van der Waals surface area contributed by atoms with E-state index in [4.69, 9.17) is 0 Å². The molecule has 0 unspecified atom stereocenters. The zero-order chi connectivity index (χ0) is 10.7. The van der Waals surface area contributed by atoms with Crippen LogP contribution in [0.1, 0.15) is 6.04 Å². The van der Waals surface area contributed by atoms with E-state index in [1.807, 2.05) is 0 Å². The van der Waals surface area contributed by atoms with Crippen molar-refractivity contribution in [2.45, 2.75) is 6.04 Å². The summed E-state index contributed by atoms with van der Waals surface area (Å²) in [5.74, 6) is 2.68. The molecule has 1 aromatic rings. The smallest absolute Gasteiger partial charge is 0.302 e. The van der Waals surface area contributed by atoms with Gasteiger partial charge >= 0.3 is 5.91 Å². The lowest BCUT2D eigenvalue weighted by atomic mass is 10.2. The number of rotatable bonds is 2. The van der Waals surface area contributed by atoms with Gasteiger partial charge in [0.25, 0.3) is 0 Å². The molecule has 0 spiro atoms. The fourth-order valence-electron chi connectivity index (χ4n) is 1.34. The Morgan fingerprint density at radius 1 is 1.73 bits per heavy atom. The van der Waals surface area contributed by atoms with E-state index in [2.05, 4.69) is 42.4 Å². The molecule has 1 saturated heterocycles. The highest BCUT2D eigenvalue weighted by molar-refractivity contribution is 9.12. The number of halogens is 1. The van der Waals surface area contributed by atoms with Crippen molar-refractivity contribution in [3.05, 3.63) is 12.3 Å². The summed E-state index contributed by atoms with van der Waals surface area (Å²) in [7, 11) is 0.